The van der Waals surface area contributed by atoms with Crippen molar-refractivity contribution in [1.29, 1.82) is 0 Å². The molecule has 0 heterocycles. The normalized spacial score (nSPS) is 14.3. The first-order valence-electron chi connectivity index (χ1n) is 6.61. The van der Waals surface area contributed by atoms with Crippen LogP contribution in [0.3, 0.4) is 0 Å². The summed E-state index contributed by atoms with van der Waals surface area (Å²) in [6, 6.07) is 1.91. The summed E-state index contributed by atoms with van der Waals surface area (Å²) < 4.78 is 5.38. The zero-order valence-corrected chi connectivity index (χ0v) is 12.8. The van der Waals surface area contributed by atoms with Crippen LogP contribution in [0.4, 0.5) is 0 Å². The number of ether oxygens (including phenoxy) is 1. The van der Waals surface area contributed by atoms with E-state index in [0.717, 1.165) is 27.5 Å². The lowest BCUT2D eigenvalue weighted by molar-refractivity contribution is 0.0130. The van der Waals surface area contributed by atoms with Gasteiger partial charge in [-0.2, -0.15) is 0 Å². The Labute approximate surface area is 120 Å². The molecule has 3 nitrogen and oxygen atoms in total. The molecule has 0 aromatic heterocycles. The monoisotopic (exact) mass is 286 g/mol. The summed E-state index contributed by atoms with van der Waals surface area (Å²) in [7, 11) is 1.63. The molecule has 19 heavy (non-hydrogen) atoms. The number of rotatable bonds is 6. The van der Waals surface area contributed by atoms with Crippen molar-refractivity contribution in [2.75, 3.05) is 7.11 Å². The predicted molar refractivity (Wildman–Crippen MR) is 78.1 cm³/mol. The smallest absolute Gasteiger partial charge is 0.122 e. The van der Waals surface area contributed by atoms with E-state index in [0.29, 0.717) is 19.3 Å². The molecule has 0 aliphatic heterocycles. The van der Waals surface area contributed by atoms with E-state index < -0.39 is 12.2 Å². The van der Waals surface area contributed by atoms with Crippen LogP contribution in [0, 0.1) is 13.8 Å². The molecule has 2 atom stereocenters. The first-order chi connectivity index (χ1) is 8.92. The average molecular weight is 287 g/mol. The van der Waals surface area contributed by atoms with E-state index in [2.05, 4.69) is 0 Å². The van der Waals surface area contributed by atoms with Crippen LogP contribution in [0.25, 0.3) is 0 Å². The van der Waals surface area contributed by atoms with E-state index in [1.165, 1.54) is 0 Å². The van der Waals surface area contributed by atoms with Crippen molar-refractivity contribution < 1.29 is 14.9 Å². The van der Waals surface area contributed by atoms with Gasteiger partial charge in [-0.25, -0.2) is 0 Å². The molecule has 0 aliphatic rings. The second-order valence-corrected chi connectivity index (χ2v) is 5.27. The summed E-state index contributed by atoms with van der Waals surface area (Å²) in [4.78, 5) is 0. The number of aliphatic hydroxyl groups is 2. The van der Waals surface area contributed by atoms with Gasteiger partial charge < -0.3 is 14.9 Å². The zero-order chi connectivity index (χ0) is 14.6. The molecule has 0 radical (unpaired) electrons. The van der Waals surface area contributed by atoms with Crippen LogP contribution in [0.15, 0.2) is 6.07 Å². The molecule has 1 aromatic carbocycles. The predicted octanol–water partition coefficient (Wildman–Crippen LogP) is 3.03. The number of aryl methyl sites for hydroxylation is 1. The van der Waals surface area contributed by atoms with Crippen LogP contribution < -0.4 is 4.74 Å². The third kappa shape index (κ3) is 3.85. The molecular weight excluding hydrogens is 264 g/mol. The van der Waals surface area contributed by atoms with Gasteiger partial charge in [0.2, 0.25) is 0 Å². The Bertz CT molecular complexity index is 432. The zero-order valence-electron chi connectivity index (χ0n) is 12.0. The average Bonchev–Trinajstić information content (AvgIpc) is 2.42. The number of hydrogen-bond acceptors (Lipinski definition) is 3. The molecule has 108 valence electrons. The van der Waals surface area contributed by atoms with Crippen LogP contribution in [0.5, 0.6) is 5.75 Å². The molecule has 0 amide bonds. The molecule has 0 spiro atoms. The minimum absolute atomic E-state index is 0.492. The number of aliphatic hydroxyl groups excluding tert-OH is 2. The minimum atomic E-state index is -0.714. The van der Waals surface area contributed by atoms with Crippen LogP contribution in [0.1, 0.15) is 36.5 Å². The number of methoxy groups -OCH3 is 1. The Morgan fingerprint density at radius 3 is 2.42 bits per heavy atom. The Hall–Kier alpha value is -0.770. The van der Waals surface area contributed by atoms with Gasteiger partial charge in [0.25, 0.3) is 0 Å². The Morgan fingerprint density at radius 1 is 1.26 bits per heavy atom. The number of halogens is 1. The summed E-state index contributed by atoms with van der Waals surface area (Å²) in [6.07, 6.45) is 0.284. The summed E-state index contributed by atoms with van der Waals surface area (Å²) in [5, 5.41) is 20.2. The van der Waals surface area contributed by atoms with E-state index in [4.69, 9.17) is 16.3 Å². The van der Waals surface area contributed by atoms with Crippen molar-refractivity contribution in [2.24, 2.45) is 0 Å². The minimum Gasteiger partial charge on any atom is -0.496 e. The van der Waals surface area contributed by atoms with E-state index in [1.807, 2.05) is 26.8 Å². The first-order valence-corrected chi connectivity index (χ1v) is 6.98. The fraction of sp³-hybridized carbons (Fsp3) is 0.600. The molecule has 1 aromatic rings. The van der Waals surface area contributed by atoms with Gasteiger partial charge in [-0.05, 0) is 55.9 Å². The van der Waals surface area contributed by atoms with Crippen molar-refractivity contribution >= 4 is 11.6 Å². The summed E-state index contributed by atoms with van der Waals surface area (Å²) in [6.45, 7) is 5.75. The topological polar surface area (TPSA) is 49.7 Å². The van der Waals surface area contributed by atoms with Crippen molar-refractivity contribution in [1.82, 2.24) is 0 Å². The molecule has 4 heteroatoms. The van der Waals surface area contributed by atoms with Gasteiger partial charge in [0.1, 0.15) is 5.75 Å². The Kier molecular flexibility index (Phi) is 6.11. The molecule has 0 fully saturated rings. The van der Waals surface area contributed by atoms with Crippen molar-refractivity contribution in [3.63, 3.8) is 0 Å². The first kappa shape index (κ1) is 16.3. The van der Waals surface area contributed by atoms with E-state index in [1.54, 1.807) is 7.11 Å². The lowest BCUT2D eigenvalue weighted by Gasteiger charge is -2.19. The van der Waals surface area contributed by atoms with Gasteiger partial charge in [0.15, 0.2) is 0 Å². The molecule has 1 rings (SSSR count). The van der Waals surface area contributed by atoms with Crippen LogP contribution in [0.2, 0.25) is 5.02 Å². The molecule has 0 saturated heterocycles. The molecule has 0 bridgehead atoms. The highest BCUT2D eigenvalue weighted by atomic mass is 35.5. The van der Waals surface area contributed by atoms with Gasteiger partial charge in [0.05, 0.1) is 19.3 Å². The molecule has 0 aliphatic carbocycles. The maximum atomic E-state index is 9.83. The van der Waals surface area contributed by atoms with Crippen molar-refractivity contribution in [2.45, 2.75) is 52.2 Å². The van der Waals surface area contributed by atoms with Gasteiger partial charge in [-0.1, -0.05) is 18.5 Å². The lowest BCUT2D eigenvalue weighted by atomic mass is 9.96. The molecule has 2 N–H and O–H groups in total. The fourth-order valence-corrected chi connectivity index (χ4v) is 2.38. The van der Waals surface area contributed by atoms with E-state index >= 15 is 0 Å². The molecular formula is C15H23ClO3. The maximum absolute atomic E-state index is 9.83. The Morgan fingerprint density at radius 2 is 1.89 bits per heavy atom. The van der Waals surface area contributed by atoms with Gasteiger partial charge in [-0.15, -0.1) is 0 Å². The third-order valence-corrected chi connectivity index (χ3v) is 4.13. The van der Waals surface area contributed by atoms with Crippen LogP contribution in [-0.2, 0) is 6.42 Å². The highest BCUT2D eigenvalue weighted by Gasteiger charge is 2.17. The number of hydrogen-bond donors (Lipinski definition) is 2. The van der Waals surface area contributed by atoms with Crippen LogP contribution in [-0.4, -0.2) is 29.5 Å². The van der Waals surface area contributed by atoms with Crippen molar-refractivity contribution in [3.8, 4) is 5.75 Å². The van der Waals surface area contributed by atoms with Gasteiger partial charge >= 0.3 is 0 Å². The third-order valence-electron chi connectivity index (χ3n) is 3.55. The maximum Gasteiger partial charge on any atom is 0.122 e. The summed E-state index contributed by atoms with van der Waals surface area (Å²) in [5.74, 6) is 0.789. The highest BCUT2D eigenvalue weighted by molar-refractivity contribution is 6.32. The molecule has 2 unspecified atom stereocenters. The van der Waals surface area contributed by atoms with Gasteiger partial charge in [-0.3, -0.25) is 0 Å². The lowest BCUT2D eigenvalue weighted by Crippen LogP contribution is -2.25. The fourth-order valence-electron chi connectivity index (χ4n) is 2.21. The highest BCUT2D eigenvalue weighted by Crippen LogP contribution is 2.32. The van der Waals surface area contributed by atoms with Gasteiger partial charge in [0, 0.05) is 5.02 Å². The number of benzene rings is 1. The Balaban J connectivity index is 2.91. The van der Waals surface area contributed by atoms with Crippen LogP contribution >= 0.6 is 11.6 Å². The largest absolute Gasteiger partial charge is 0.496 e. The van der Waals surface area contributed by atoms with E-state index in [9.17, 15) is 10.2 Å². The summed E-state index contributed by atoms with van der Waals surface area (Å²) >= 11 is 6.25. The summed E-state index contributed by atoms with van der Waals surface area (Å²) in [5.41, 5.74) is 2.96. The van der Waals surface area contributed by atoms with E-state index in [-0.39, 0.29) is 0 Å². The second-order valence-electron chi connectivity index (χ2n) is 4.89. The standard InChI is InChI=1S/C15H23ClO3/c1-5-12(17)13(18)7-6-11-10(3)15(16)9(2)8-14(11)19-4/h8,12-13,17-18H,5-7H2,1-4H3. The molecule has 0 saturated carbocycles. The quantitative estimate of drug-likeness (QED) is 0.845. The second kappa shape index (κ2) is 7.13. The van der Waals surface area contributed by atoms with Crippen molar-refractivity contribution in [3.05, 3.63) is 27.8 Å². The SMILES string of the molecule is CCC(O)C(O)CCc1c(OC)cc(C)c(Cl)c1C.